The molecular formula is C23H28. The zero-order valence-electron chi connectivity index (χ0n) is 14.8. The Morgan fingerprint density at radius 3 is 2.48 bits per heavy atom. The lowest BCUT2D eigenvalue weighted by Crippen LogP contribution is -1.97. The van der Waals surface area contributed by atoms with Crippen LogP contribution in [0, 0.1) is 6.92 Å². The number of unbranched alkanes of at least 4 members (excludes halogenated alkanes) is 1. The van der Waals surface area contributed by atoms with Crippen molar-refractivity contribution in [2.24, 2.45) is 0 Å². The van der Waals surface area contributed by atoms with Gasteiger partial charge in [-0.05, 0) is 66.0 Å². The minimum absolute atomic E-state index is 1.15. The maximum Gasteiger partial charge on any atom is -0.00576 e. The predicted molar refractivity (Wildman–Crippen MR) is 102 cm³/mol. The quantitative estimate of drug-likeness (QED) is 0.554. The van der Waals surface area contributed by atoms with Crippen molar-refractivity contribution in [3.8, 4) is 11.1 Å². The van der Waals surface area contributed by atoms with Crippen LogP contribution in [-0.2, 0) is 12.8 Å². The van der Waals surface area contributed by atoms with E-state index < -0.39 is 0 Å². The van der Waals surface area contributed by atoms with E-state index in [0.717, 1.165) is 12.8 Å². The Morgan fingerprint density at radius 2 is 1.74 bits per heavy atom. The first-order chi connectivity index (χ1) is 11.2. The van der Waals surface area contributed by atoms with E-state index in [1.54, 1.807) is 5.57 Å². The number of allylic oxidation sites excluding steroid dienone is 1. The first-order valence-electron chi connectivity index (χ1n) is 9.14. The lowest BCUT2D eigenvalue weighted by molar-refractivity contribution is 0.779. The van der Waals surface area contributed by atoms with Gasteiger partial charge in [0.1, 0.15) is 0 Å². The molecular weight excluding hydrogens is 276 g/mol. The average Bonchev–Trinajstić information content (AvgIpc) is 2.97. The maximum atomic E-state index is 2.49. The standard InChI is InChI=1S/C23H28/c1-4-6-11-18-15-20-14-13-19(9-5-2)23(22(20)16-18)21-12-8-7-10-17(21)3/h7-8,10,12-14,16H,4-6,9,11,15H2,1-3H3. The summed E-state index contributed by atoms with van der Waals surface area (Å²) in [5.74, 6) is 0. The molecule has 0 heteroatoms. The summed E-state index contributed by atoms with van der Waals surface area (Å²) in [7, 11) is 0. The molecule has 3 rings (SSSR count). The Balaban J connectivity index is 2.12. The van der Waals surface area contributed by atoms with Gasteiger partial charge in [-0.2, -0.15) is 0 Å². The van der Waals surface area contributed by atoms with Gasteiger partial charge in [0.2, 0.25) is 0 Å². The minimum atomic E-state index is 1.15. The van der Waals surface area contributed by atoms with Crippen molar-refractivity contribution in [3.05, 3.63) is 64.2 Å². The number of fused-ring (bicyclic) bond motifs is 1. The van der Waals surface area contributed by atoms with Crippen molar-refractivity contribution in [3.63, 3.8) is 0 Å². The van der Waals surface area contributed by atoms with Crippen molar-refractivity contribution in [1.82, 2.24) is 0 Å². The van der Waals surface area contributed by atoms with Gasteiger partial charge in [-0.25, -0.2) is 0 Å². The van der Waals surface area contributed by atoms with Gasteiger partial charge in [0.15, 0.2) is 0 Å². The highest BCUT2D eigenvalue weighted by atomic mass is 14.2. The fraction of sp³-hybridized carbons (Fsp3) is 0.391. The lowest BCUT2D eigenvalue weighted by Gasteiger charge is -2.16. The number of aryl methyl sites for hydroxylation is 2. The van der Waals surface area contributed by atoms with E-state index in [4.69, 9.17) is 0 Å². The summed E-state index contributed by atoms with van der Waals surface area (Å²) in [5, 5.41) is 0. The average molecular weight is 304 g/mol. The summed E-state index contributed by atoms with van der Waals surface area (Å²) < 4.78 is 0. The third-order valence-electron chi connectivity index (χ3n) is 4.97. The first-order valence-corrected chi connectivity index (χ1v) is 9.14. The van der Waals surface area contributed by atoms with Gasteiger partial charge in [-0.1, -0.05) is 74.7 Å². The van der Waals surface area contributed by atoms with Gasteiger partial charge < -0.3 is 0 Å². The van der Waals surface area contributed by atoms with Crippen LogP contribution in [0.25, 0.3) is 17.2 Å². The number of benzene rings is 2. The Kier molecular flexibility index (Phi) is 5.00. The second-order valence-electron chi connectivity index (χ2n) is 6.82. The van der Waals surface area contributed by atoms with Gasteiger partial charge in [0, 0.05) is 0 Å². The van der Waals surface area contributed by atoms with Gasteiger partial charge >= 0.3 is 0 Å². The maximum absolute atomic E-state index is 2.49. The molecule has 0 radical (unpaired) electrons. The summed E-state index contributed by atoms with van der Waals surface area (Å²) >= 11 is 0. The zero-order chi connectivity index (χ0) is 16.2. The molecule has 0 atom stereocenters. The van der Waals surface area contributed by atoms with Crippen LogP contribution in [0.5, 0.6) is 0 Å². The highest BCUT2D eigenvalue weighted by Gasteiger charge is 2.19. The summed E-state index contributed by atoms with van der Waals surface area (Å²) in [6.07, 6.45) is 9.84. The van der Waals surface area contributed by atoms with Crippen LogP contribution < -0.4 is 0 Å². The molecule has 23 heavy (non-hydrogen) atoms. The second-order valence-corrected chi connectivity index (χ2v) is 6.82. The second kappa shape index (κ2) is 7.17. The number of hydrogen-bond donors (Lipinski definition) is 0. The largest absolute Gasteiger partial charge is 0.0654 e. The Labute approximate surface area is 141 Å². The Bertz CT molecular complexity index is 719. The van der Waals surface area contributed by atoms with Crippen LogP contribution in [0.15, 0.2) is 42.0 Å². The molecule has 2 aromatic rings. The van der Waals surface area contributed by atoms with Crippen LogP contribution in [0.1, 0.15) is 61.8 Å². The first kappa shape index (κ1) is 16.1. The molecule has 0 heterocycles. The molecule has 0 saturated carbocycles. The third kappa shape index (κ3) is 3.27. The highest BCUT2D eigenvalue weighted by molar-refractivity contribution is 5.84. The van der Waals surface area contributed by atoms with Gasteiger partial charge in [-0.15, -0.1) is 0 Å². The van der Waals surface area contributed by atoms with E-state index in [9.17, 15) is 0 Å². The van der Waals surface area contributed by atoms with E-state index >= 15 is 0 Å². The summed E-state index contributed by atoms with van der Waals surface area (Å²) in [5.41, 5.74) is 10.4. The van der Waals surface area contributed by atoms with Crippen LogP contribution in [-0.4, -0.2) is 0 Å². The number of rotatable bonds is 6. The Morgan fingerprint density at radius 1 is 0.913 bits per heavy atom. The molecule has 0 amide bonds. The monoisotopic (exact) mass is 304 g/mol. The van der Waals surface area contributed by atoms with Crippen molar-refractivity contribution in [1.29, 1.82) is 0 Å². The van der Waals surface area contributed by atoms with Crippen molar-refractivity contribution < 1.29 is 0 Å². The van der Waals surface area contributed by atoms with Gasteiger partial charge in [0.25, 0.3) is 0 Å². The van der Waals surface area contributed by atoms with Crippen molar-refractivity contribution >= 4 is 6.08 Å². The molecule has 0 aromatic heterocycles. The molecule has 0 spiro atoms. The molecule has 1 aliphatic rings. The van der Waals surface area contributed by atoms with Crippen LogP contribution >= 0.6 is 0 Å². The minimum Gasteiger partial charge on any atom is -0.0654 e. The SMILES string of the molecule is CCCCC1=Cc2c(ccc(CCC)c2-c2ccccc2C)C1. The van der Waals surface area contributed by atoms with Crippen LogP contribution in [0.2, 0.25) is 0 Å². The molecule has 0 N–H and O–H groups in total. The number of hydrogen-bond acceptors (Lipinski definition) is 0. The smallest absolute Gasteiger partial charge is 0.00576 e. The molecule has 0 fully saturated rings. The molecule has 120 valence electrons. The van der Waals surface area contributed by atoms with Gasteiger partial charge in [0.05, 0.1) is 0 Å². The van der Waals surface area contributed by atoms with E-state index in [1.807, 2.05) is 0 Å². The topological polar surface area (TPSA) is 0 Å². The molecule has 0 saturated heterocycles. The third-order valence-corrected chi connectivity index (χ3v) is 4.97. The fourth-order valence-electron chi connectivity index (χ4n) is 3.74. The Hall–Kier alpha value is -1.82. The molecule has 0 unspecified atom stereocenters. The fourth-order valence-corrected chi connectivity index (χ4v) is 3.74. The van der Waals surface area contributed by atoms with E-state index in [-0.39, 0.29) is 0 Å². The lowest BCUT2D eigenvalue weighted by atomic mass is 9.88. The van der Waals surface area contributed by atoms with E-state index in [1.165, 1.54) is 59.1 Å². The molecule has 1 aliphatic carbocycles. The van der Waals surface area contributed by atoms with Crippen LogP contribution in [0.3, 0.4) is 0 Å². The molecule has 0 bridgehead atoms. The zero-order valence-corrected chi connectivity index (χ0v) is 14.8. The highest BCUT2D eigenvalue weighted by Crippen LogP contribution is 2.39. The normalized spacial score (nSPS) is 13.1. The summed E-state index contributed by atoms with van der Waals surface area (Å²) in [6, 6.07) is 13.6. The van der Waals surface area contributed by atoms with Crippen LogP contribution in [0.4, 0.5) is 0 Å². The predicted octanol–water partition coefficient (Wildman–Crippen LogP) is 6.74. The summed E-state index contributed by atoms with van der Waals surface area (Å²) in [4.78, 5) is 0. The van der Waals surface area contributed by atoms with E-state index in [0.29, 0.717) is 0 Å². The molecule has 0 nitrogen and oxygen atoms in total. The molecule has 2 aromatic carbocycles. The van der Waals surface area contributed by atoms with E-state index in [2.05, 4.69) is 63.2 Å². The molecule has 0 aliphatic heterocycles. The summed E-state index contributed by atoms with van der Waals surface area (Å²) in [6.45, 7) is 6.79. The van der Waals surface area contributed by atoms with Gasteiger partial charge in [-0.3, -0.25) is 0 Å². The van der Waals surface area contributed by atoms with Crippen molar-refractivity contribution in [2.75, 3.05) is 0 Å². The van der Waals surface area contributed by atoms with Crippen molar-refractivity contribution in [2.45, 2.75) is 59.3 Å².